The van der Waals surface area contributed by atoms with Crippen LogP contribution in [0.3, 0.4) is 0 Å². The maximum Gasteiger partial charge on any atom is 0.222 e. The Kier molecular flexibility index (Phi) is 7.06. The van der Waals surface area contributed by atoms with Gasteiger partial charge in [-0.25, -0.2) is 9.98 Å². The van der Waals surface area contributed by atoms with E-state index in [0.717, 1.165) is 38.6 Å². The predicted molar refractivity (Wildman–Crippen MR) is 111 cm³/mol. The molecule has 2 heterocycles. The molecule has 28 heavy (non-hydrogen) atoms. The molecule has 1 aliphatic heterocycles. The van der Waals surface area contributed by atoms with E-state index >= 15 is 0 Å². The molecule has 1 unspecified atom stereocenters. The number of aliphatic imine (C=N–C) groups is 1. The van der Waals surface area contributed by atoms with Crippen molar-refractivity contribution in [2.24, 2.45) is 4.99 Å². The molecule has 0 saturated carbocycles. The monoisotopic (exact) mass is 382 g/mol. The zero-order valence-corrected chi connectivity index (χ0v) is 16.8. The summed E-state index contributed by atoms with van der Waals surface area (Å²) >= 11 is 0. The summed E-state index contributed by atoms with van der Waals surface area (Å²) < 4.78 is 2.05. The second kappa shape index (κ2) is 9.92. The van der Waals surface area contributed by atoms with Gasteiger partial charge >= 0.3 is 0 Å². The minimum atomic E-state index is 0.223. The molecule has 1 aliphatic rings. The molecule has 0 radical (unpaired) electrons. The lowest BCUT2D eigenvalue weighted by molar-refractivity contribution is -0.129. The quantitative estimate of drug-likeness (QED) is 0.567. The van der Waals surface area contributed by atoms with E-state index < -0.39 is 0 Å². The Morgan fingerprint density at radius 2 is 2.18 bits per heavy atom. The molecule has 7 heteroatoms. The van der Waals surface area contributed by atoms with Crippen LogP contribution in [0.1, 0.15) is 37.8 Å². The van der Waals surface area contributed by atoms with Gasteiger partial charge in [-0.05, 0) is 24.5 Å². The first-order chi connectivity index (χ1) is 13.7. The van der Waals surface area contributed by atoms with Gasteiger partial charge in [0.15, 0.2) is 5.96 Å². The van der Waals surface area contributed by atoms with Gasteiger partial charge in [-0.1, -0.05) is 31.2 Å². The Balaban J connectivity index is 1.59. The average Bonchev–Trinajstić information content (AvgIpc) is 3.38. The van der Waals surface area contributed by atoms with Crippen molar-refractivity contribution in [2.45, 2.75) is 45.8 Å². The molecule has 1 aromatic carbocycles. The van der Waals surface area contributed by atoms with Crippen LogP contribution >= 0.6 is 0 Å². The summed E-state index contributed by atoms with van der Waals surface area (Å²) in [4.78, 5) is 22.6. The molecule has 0 aliphatic carbocycles. The Hall–Kier alpha value is -2.83. The molecule has 1 atom stereocenters. The second-order valence-electron chi connectivity index (χ2n) is 7.07. The molecule has 1 saturated heterocycles. The van der Waals surface area contributed by atoms with Gasteiger partial charge in [-0.3, -0.25) is 4.79 Å². The van der Waals surface area contributed by atoms with Gasteiger partial charge in [0.25, 0.3) is 0 Å². The number of imidazole rings is 1. The molecular formula is C21H30N6O. The third-order valence-corrected chi connectivity index (χ3v) is 4.86. The highest BCUT2D eigenvalue weighted by atomic mass is 16.2. The van der Waals surface area contributed by atoms with E-state index in [-0.39, 0.29) is 11.9 Å². The number of likely N-dealkylation sites (tertiary alicyclic amines) is 1. The lowest BCUT2D eigenvalue weighted by atomic mass is 10.1. The molecule has 0 spiro atoms. The number of nitrogens with zero attached hydrogens (tertiary/aromatic N) is 4. The molecule has 1 fully saturated rings. The summed E-state index contributed by atoms with van der Waals surface area (Å²) in [5.74, 6) is 1.03. The highest BCUT2D eigenvalue weighted by Gasteiger charge is 2.25. The van der Waals surface area contributed by atoms with Crippen LogP contribution in [0.15, 0.2) is 48.0 Å². The molecule has 3 rings (SSSR count). The number of benzene rings is 1. The van der Waals surface area contributed by atoms with Crippen LogP contribution in [0.4, 0.5) is 0 Å². The lowest BCUT2D eigenvalue weighted by Gasteiger charge is -2.18. The Labute approximate surface area is 166 Å². The summed E-state index contributed by atoms with van der Waals surface area (Å²) in [5.41, 5.74) is 2.40. The third-order valence-electron chi connectivity index (χ3n) is 4.86. The fraction of sp³-hybridized carbons (Fsp3) is 0.476. The van der Waals surface area contributed by atoms with E-state index in [0.29, 0.717) is 13.0 Å². The second-order valence-corrected chi connectivity index (χ2v) is 7.07. The van der Waals surface area contributed by atoms with Crippen LogP contribution in [0.2, 0.25) is 0 Å². The van der Waals surface area contributed by atoms with E-state index in [2.05, 4.69) is 51.4 Å². The standard InChI is InChI=1S/C21H30N6O/c1-3-20(28)27-10-8-19(15-27)25-21(23-4-2)24-13-17-6-5-7-18(12-17)14-26-11-9-22-16-26/h5-7,9,11-12,16,19H,3-4,8,10,13-15H2,1-2H3,(H2,23,24,25). The van der Waals surface area contributed by atoms with Crippen molar-refractivity contribution in [1.82, 2.24) is 25.1 Å². The maximum absolute atomic E-state index is 11.9. The van der Waals surface area contributed by atoms with Gasteiger partial charge < -0.3 is 20.1 Å². The van der Waals surface area contributed by atoms with Crippen molar-refractivity contribution in [3.05, 3.63) is 54.1 Å². The molecular weight excluding hydrogens is 352 g/mol. The summed E-state index contributed by atoms with van der Waals surface area (Å²) in [7, 11) is 0. The first kappa shape index (κ1) is 19.9. The summed E-state index contributed by atoms with van der Waals surface area (Å²) in [6.45, 7) is 7.76. The number of nitrogens with one attached hydrogen (secondary N) is 2. The van der Waals surface area contributed by atoms with Crippen LogP contribution in [0.25, 0.3) is 0 Å². The van der Waals surface area contributed by atoms with Crippen LogP contribution in [-0.4, -0.2) is 52.0 Å². The van der Waals surface area contributed by atoms with Gasteiger partial charge in [0.2, 0.25) is 5.91 Å². The van der Waals surface area contributed by atoms with Crippen molar-refractivity contribution < 1.29 is 4.79 Å². The zero-order chi connectivity index (χ0) is 19.8. The minimum Gasteiger partial charge on any atom is -0.357 e. The molecule has 7 nitrogen and oxygen atoms in total. The van der Waals surface area contributed by atoms with E-state index in [4.69, 9.17) is 4.99 Å². The number of amides is 1. The largest absolute Gasteiger partial charge is 0.357 e. The van der Waals surface area contributed by atoms with E-state index in [1.54, 1.807) is 6.20 Å². The lowest BCUT2D eigenvalue weighted by Crippen LogP contribution is -2.45. The zero-order valence-electron chi connectivity index (χ0n) is 16.8. The molecule has 2 N–H and O–H groups in total. The van der Waals surface area contributed by atoms with Crippen LogP contribution < -0.4 is 10.6 Å². The number of guanidine groups is 1. The van der Waals surface area contributed by atoms with Crippen molar-refractivity contribution in [3.63, 3.8) is 0 Å². The minimum absolute atomic E-state index is 0.223. The highest BCUT2D eigenvalue weighted by molar-refractivity contribution is 5.80. The number of carbonyl (C=O) groups is 1. The topological polar surface area (TPSA) is 74.6 Å². The average molecular weight is 383 g/mol. The van der Waals surface area contributed by atoms with E-state index in [1.165, 1.54) is 11.1 Å². The summed E-state index contributed by atoms with van der Waals surface area (Å²) in [6.07, 6.45) is 7.10. The SMILES string of the molecule is CCNC(=NCc1cccc(Cn2ccnc2)c1)NC1CCN(C(=O)CC)C1. The number of rotatable bonds is 7. The van der Waals surface area contributed by atoms with Crippen LogP contribution in [0.5, 0.6) is 0 Å². The summed E-state index contributed by atoms with van der Waals surface area (Å²) in [5, 5.41) is 6.79. The van der Waals surface area contributed by atoms with Gasteiger partial charge in [0.1, 0.15) is 0 Å². The smallest absolute Gasteiger partial charge is 0.222 e. The molecule has 0 bridgehead atoms. The molecule has 1 amide bonds. The van der Waals surface area contributed by atoms with Gasteiger partial charge in [-0.15, -0.1) is 0 Å². The predicted octanol–water partition coefficient (Wildman–Crippen LogP) is 2.00. The van der Waals surface area contributed by atoms with Crippen LogP contribution in [0, 0.1) is 0 Å². The fourth-order valence-electron chi connectivity index (χ4n) is 3.43. The van der Waals surface area contributed by atoms with E-state index in [9.17, 15) is 4.79 Å². The van der Waals surface area contributed by atoms with Gasteiger partial charge in [0.05, 0.1) is 12.9 Å². The summed E-state index contributed by atoms with van der Waals surface area (Å²) in [6, 6.07) is 8.73. The van der Waals surface area contributed by atoms with Crippen molar-refractivity contribution >= 4 is 11.9 Å². The normalized spacial score (nSPS) is 17.0. The fourth-order valence-corrected chi connectivity index (χ4v) is 3.43. The van der Waals surface area contributed by atoms with Crippen LogP contribution in [-0.2, 0) is 17.9 Å². The number of hydrogen-bond donors (Lipinski definition) is 2. The third kappa shape index (κ3) is 5.58. The number of carbonyl (C=O) groups excluding carboxylic acids is 1. The number of aromatic nitrogens is 2. The first-order valence-electron chi connectivity index (χ1n) is 10.0. The van der Waals surface area contributed by atoms with E-state index in [1.807, 2.05) is 24.3 Å². The van der Waals surface area contributed by atoms with Gasteiger partial charge in [-0.2, -0.15) is 0 Å². The molecule has 2 aromatic rings. The number of hydrogen-bond acceptors (Lipinski definition) is 3. The Morgan fingerprint density at radius 1 is 1.32 bits per heavy atom. The van der Waals surface area contributed by atoms with Crippen molar-refractivity contribution in [2.75, 3.05) is 19.6 Å². The Morgan fingerprint density at radius 3 is 2.93 bits per heavy atom. The van der Waals surface area contributed by atoms with Gasteiger partial charge in [0, 0.05) is 51.0 Å². The Bertz CT molecular complexity index is 786. The first-order valence-corrected chi connectivity index (χ1v) is 10.0. The molecule has 1 aromatic heterocycles. The van der Waals surface area contributed by atoms with Crippen molar-refractivity contribution in [3.8, 4) is 0 Å². The molecule has 150 valence electrons. The maximum atomic E-state index is 11.9. The van der Waals surface area contributed by atoms with Crippen molar-refractivity contribution in [1.29, 1.82) is 0 Å². The highest BCUT2D eigenvalue weighted by Crippen LogP contribution is 2.11.